The lowest BCUT2D eigenvalue weighted by Crippen LogP contribution is -1.92. The van der Waals surface area contributed by atoms with Gasteiger partial charge in [-0.1, -0.05) is 42.5 Å². The summed E-state index contributed by atoms with van der Waals surface area (Å²) >= 11 is 0. The van der Waals surface area contributed by atoms with E-state index < -0.39 is 0 Å². The maximum Gasteiger partial charge on any atom is 0.159 e. The molecule has 0 radical (unpaired) electrons. The average Bonchev–Trinajstić information content (AvgIpc) is 2.39. The zero-order valence-corrected chi connectivity index (χ0v) is 9.17. The summed E-state index contributed by atoms with van der Waals surface area (Å²) in [7, 11) is 0. The van der Waals surface area contributed by atoms with Crippen molar-refractivity contribution in [1.82, 2.24) is 9.97 Å². The first-order valence-electron chi connectivity index (χ1n) is 5.40. The van der Waals surface area contributed by atoms with Gasteiger partial charge in [0.1, 0.15) is 0 Å². The molecule has 0 aliphatic heterocycles. The first-order chi connectivity index (χ1) is 8.34. The van der Waals surface area contributed by atoms with E-state index in [1.54, 1.807) is 12.4 Å². The van der Waals surface area contributed by atoms with Crippen LogP contribution in [0.2, 0.25) is 0 Å². The van der Waals surface area contributed by atoms with Crippen LogP contribution in [0, 0.1) is 0 Å². The van der Waals surface area contributed by atoms with E-state index in [0.29, 0.717) is 11.5 Å². The molecule has 2 aromatic carbocycles. The molecule has 0 amide bonds. The molecule has 0 saturated heterocycles. The van der Waals surface area contributed by atoms with Gasteiger partial charge in [-0.25, -0.2) is 9.97 Å². The minimum atomic E-state index is 0.578. The third-order valence-corrected chi connectivity index (χ3v) is 2.70. The van der Waals surface area contributed by atoms with Crippen molar-refractivity contribution in [2.24, 2.45) is 0 Å². The number of anilines is 1. The van der Waals surface area contributed by atoms with Crippen LogP contribution in [-0.4, -0.2) is 9.97 Å². The highest BCUT2D eigenvalue weighted by atomic mass is 14.9. The maximum absolute atomic E-state index is 5.59. The van der Waals surface area contributed by atoms with E-state index in [1.165, 1.54) is 5.39 Å². The molecule has 3 aromatic rings. The molecule has 17 heavy (non-hydrogen) atoms. The molecular formula is C14H11N3. The number of aromatic nitrogens is 2. The van der Waals surface area contributed by atoms with Crippen molar-refractivity contribution >= 4 is 16.5 Å². The summed E-state index contributed by atoms with van der Waals surface area (Å²) in [4.78, 5) is 8.53. The number of nitrogens with zero attached hydrogens (tertiary/aromatic N) is 2. The largest absolute Gasteiger partial charge is 0.396 e. The number of nitrogens with two attached hydrogens (primary N) is 1. The SMILES string of the molecule is Nc1cnc(-c2cccc3ccccc23)nc1. The third kappa shape index (κ3) is 1.72. The van der Waals surface area contributed by atoms with Crippen molar-refractivity contribution in [3.63, 3.8) is 0 Å². The Bertz CT molecular complexity index is 654. The van der Waals surface area contributed by atoms with E-state index in [-0.39, 0.29) is 0 Å². The fraction of sp³-hybridized carbons (Fsp3) is 0. The van der Waals surface area contributed by atoms with E-state index in [0.717, 1.165) is 10.9 Å². The molecule has 0 bridgehead atoms. The Morgan fingerprint density at radius 3 is 2.35 bits per heavy atom. The average molecular weight is 221 g/mol. The Morgan fingerprint density at radius 1 is 0.824 bits per heavy atom. The van der Waals surface area contributed by atoms with Crippen LogP contribution in [-0.2, 0) is 0 Å². The second-order valence-electron chi connectivity index (χ2n) is 3.87. The number of benzene rings is 2. The molecule has 3 nitrogen and oxygen atoms in total. The number of hydrogen-bond donors (Lipinski definition) is 1. The predicted octanol–water partition coefficient (Wildman–Crippen LogP) is 2.88. The molecular weight excluding hydrogens is 210 g/mol. The molecule has 0 unspecified atom stereocenters. The minimum absolute atomic E-state index is 0.578. The summed E-state index contributed by atoms with van der Waals surface area (Å²) in [5.74, 6) is 0.705. The lowest BCUT2D eigenvalue weighted by Gasteiger charge is -2.05. The quantitative estimate of drug-likeness (QED) is 0.687. The van der Waals surface area contributed by atoms with Crippen LogP contribution in [0.1, 0.15) is 0 Å². The van der Waals surface area contributed by atoms with Gasteiger partial charge in [-0.3, -0.25) is 0 Å². The van der Waals surface area contributed by atoms with Crippen LogP contribution in [0.4, 0.5) is 5.69 Å². The minimum Gasteiger partial charge on any atom is -0.396 e. The number of rotatable bonds is 1. The van der Waals surface area contributed by atoms with E-state index in [1.807, 2.05) is 24.3 Å². The van der Waals surface area contributed by atoms with E-state index in [4.69, 9.17) is 5.73 Å². The van der Waals surface area contributed by atoms with Crippen molar-refractivity contribution in [2.75, 3.05) is 5.73 Å². The van der Waals surface area contributed by atoms with Gasteiger partial charge in [-0.05, 0) is 10.8 Å². The molecule has 1 heterocycles. The molecule has 3 heteroatoms. The third-order valence-electron chi connectivity index (χ3n) is 2.70. The Kier molecular flexibility index (Phi) is 2.22. The van der Waals surface area contributed by atoms with Gasteiger partial charge in [0.25, 0.3) is 0 Å². The first-order valence-corrected chi connectivity index (χ1v) is 5.40. The molecule has 0 aliphatic rings. The topological polar surface area (TPSA) is 51.8 Å². The number of nitrogen functional groups attached to an aromatic ring is 1. The Labute approximate surface area is 98.9 Å². The summed E-state index contributed by atoms with van der Waals surface area (Å²) in [6.07, 6.45) is 3.26. The molecule has 82 valence electrons. The Balaban J connectivity index is 2.27. The Morgan fingerprint density at radius 2 is 1.53 bits per heavy atom. The zero-order valence-electron chi connectivity index (χ0n) is 9.17. The molecule has 0 atom stereocenters. The Hall–Kier alpha value is -2.42. The highest BCUT2D eigenvalue weighted by molar-refractivity contribution is 5.94. The number of fused-ring (bicyclic) bond motifs is 1. The molecule has 0 fully saturated rings. The van der Waals surface area contributed by atoms with Crippen molar-refractivity contribution < 1.29 is 0 Å². The summed E-state index contributed by atoms with van der Waals surface area (Å²) in [6.45, 7) is 0. The standard InChI is InChI=1S/C14H11N3/c15-11-8-16-14(17-9-11)13-7-3-5-10-4-1-2-6-12(10)13/h1-9H,15H2. The van der Waals surface area contributed by atoms with E-state index in [2.05, 4.69) is 28.2 Å². The van der Waals surface area contributed by atoms with Crippen LogP contribution >= 0.6 is 0 Å². The monoisotopic (exact) mass is 221 g/mol. The fourth-order valence-corrected chi connectivity index (χ4v) is 1.90. The van der Waals surface area contributed by atoms with Gasteiger partial charge in [-0.2, -0.15) is 0 Å². The van der Waals surface area contributed by atoms with Crippen LogP contribution in [0.25, 0.3) is 22.2 Å². The molecule has 3 rings (SSSR count). The van der Waals surface area contributed by atoms with Gasteiger partial charge in [-0.15, -0.1) is 0 Å². The van der Waals surface area contributed by atoms with Crippen molar-refractivity contribution in [1.29, 1.82) is 0 Å². The summed E-state index contributed by atoms with van der Waals surface area (Å²) in [5, 5.41) is 2.34. The van der Waals surface area contributed by atoms with Gasteiger partial charge < -0.3 is 5.73 Å². The zero-order chi connectivity index (χ0) is 11.7. The molecule has 0 aliphatic carbocycles. The predicted molar refractivity (Wildman–Crippen MR) is 69.4 cm³/mol. The maximum atomic E-state index is 5.59. The number of hydrogen-bond acceptors (Lipinski definition) is 3. The van der Waals surface area contributed by atoms with Gasteiger partial charge in [0, 0.05) is 5.56 Å². The molecule has 0 saturated carbocycles. The molecule has 0 spiro atoms. The molecule has 2 N–H and O–H groups in total. The van der Waals surface area contributed by atoms with Gasteiger partial charge >= 0.3 is 0 Å². The smallest absolute Gasteiger partial charge is 0.159 e. The first kappa shape index (κ1) is 9.78. The van der Waals surface area contributed by atoms with Gasteiger partial charge in [0.15, 0.2) is 5.82 Å². The normalized spacial score (nSPS) is 10.6. The second-order valence-corrected chi connectivity index (χ2v) is 3.87. The lowest BCUT2D eigenvalue weighted by molar-refractivity contribution is 1.18. The highest BCUT2D eigenvalue weighted by Crippen LogP contribution is 2.25. The van der Waals surface area contributed by atoms with Gasteiger partial charge in [0.2, 0.25) is 0 Å². The van der Waals surface area contributed by atoms with Crippen molar-refractivity contribution in [3.8, 4) is 11.4 Å². The highest BCUT2D eigenvalue weighted by Gasteiger charge is 2.05. The van der Waals surface area contributed by atoms with E-state index in [9.17, 15) is 0 Å². The fourth-order valence-electron chi connectivity index (χ4n) is 1.90. The summed E-state index contributed by atoms with van der Waals surface area (Å²) < 4.78 is 0. The van der Waals surface area contributed by atoms with Crippen molar-refractivity contribution in [2.45, 2.75) is 0 Å². The van der Waals surface area contributed by atoms with Crippen LogP contribution in [0.3, 0.4) is 0 Å². The summed E-state index contributed by atoms with van der Waals surface area (Å²) in [5.41, 5.74) is 7.20. The van der Waals surface area contributed by atoms with E-state index >= 15 is 0 Å². The second kappa shape index (κ2) is 3.87. The lowest BCUT2D eigenvalue weighted by atomic mass is 10.0. The van der Waals surface area contributed by atoms with Crippen molar-refractivity contribution in [3.05, 3.63) is 54.9 Å². The van der Waals surface area contributed by atoms with Crippen LogP contribution in [0.5, 0.6) is 0 Å². The molecule has 1 aromatic heterocycles. The summed E-state index contributed by atoms with van der Waals surface area (Å²) in [6, 6.07) is 14.3. The van der Waals surface area contributed by atoms with Gasteiger partial charge in [0.05, 0.1) is 18.1 Å². The van der Waals surface area contributed by atoms with Crippen LogP contribution in [0.15, 0.2) is 54.9 Å². The van der Waals surface area contributed by atoms with Crippen LogP contribution < -0.4 is 5.73 Å².